The van der Waals surface area contributed by atoms with Gasteiger partial charge in [0.05, 0.1) is 9.82 Å². The number of hydrogen-bond donors (Lipinski definition) is 3. The van der Waals surface area contributed by atoms with Crippen LogP contribution in [0.15, 0.2) is 64.2 Å². The second kappa shape index (κ2) is 8.51. The predicted octanol–water partition coefficient (Wildman–Crippen LogP) is 3.50. The Morgan fingerprint density at radius 2 is 1.62 bits per heavy atom. The molecule has 0 amide bonds. The van der Waals surface area contributed by atoms with Gasteiger partial charge in [0.1, 0.15) is 6.33 Å². The normalized spacial score (nSPS) is 11.1. The van der Waals surface area contributed by atoms with Gasteiger partial charge in [0.15, 0.2) is 0 Å². The van der Waals surface area contributed by atoms with Crippen LogP contribution >= 0.6 is 15.9 Å². The van der Waals surface area contributed by atoms with Gasteiger partial charge < -0.3 is 5.32 Å². The van der Waals surface area contributed by atoms with Crippen LogP contribution < -0.4 is 15.6 Å². The molecule has 0 unspecified atom stereocenters. The van der Waals surface area contributed by atoms with Crippen molar-refractivity contribution < 1.29 is 13.3 Å². The molecule has 150 valence electrons. The van der Waals surface area contributed by atoms with Gasteiger partial charge in [0, 0.05) is 10.2 Å². The highest BCUT2D eigenvalue weighted by molar-refractivity contribution is 9.10. The average Bonchev–Trinajstić information content (AvgIpc) is 2.68. The number of hydrazine groups is 1. The molecule has 0 spiro atoms. The lowest BCUT2D eigenvalue weighted by atomic mass is 10.2. The Balaban J connectivity index is 1.86. The van der Waals surface area contributed by atoms with Crippen LogP contribution in [-0.4, -0.2) is 23.3 Å². The fourth-order valence-corrected chi connectivity index (χ4v) is 3.40. The minimum absolute atomic E-state index is 0.000482. The van der Waals surface area contributed by atoms with Gasteiger partial charge in [-0.05, 0) is 43.3 Å². The van der Waals surface area contributed by atoms with Gasteiger partial charge in [0.2, 0.25) is 11.6 Å². The molecule has 3 rings (SSSR count). The monoisotopic (exact) mass is 478 g/mol. The number of anilines is 3. The quantitative estimate of drug-likeness (QED) is 0.346. The summed E-state index contributed by atoms with van der Waals surface area (Å²) in [7, 11) is -3.96. The Kier molecular flexibility index (Phi) is 6.06. The highest BCUT2D eigenvalue weighted by atomic mass is 79.9. The van der Waals surface area contributed by atoms with Gasteiger partial charge in [-0.2, -0.15) is 0 Å². The van der Waals surface area contributed by atoms with Gasteiger partial charge in [-0.1, -0.05) is 33.6 Å². The molecule has 2 aromatic carbocycles. The SMILES string of the molecule is Cc1ccc(S(=O)(=O)NNc2ncnc(Nc3ccc(Br)cc3)c2[N+](=O)[O-])cc1. The second-order valence-electron chi connectivity index (χ2n) is 5.85. The molecule has 0 aliphatic carbocycles. The molecular weight excluding hydrogens is 464 g/mol. The number of nitro groups is 1. The molecule has 29 heavy (non-hydrogen) atoms. The van der Waals surface area contributed by atoms with Crippen molar-refractivity contribution >= 4 is 49.0 Å². The van der Waals surface area contributed by atoms with Crippen molar-refractivity contribution in [1.29, 1.82) is 0 Å². The summed E-state index contributed by atoms with van der Waals surface area (Å²) in [5, 5.41) is 14.4. The Hall–Kier alpha value is -3.09. The molecule has 0 saturated carbocycles. The molecule has 0 aliphatic rings. The van der Waals surface area contributed by atoms with Crippen molar-refractivity contribution in [3.63, 3.8) is 0 Å². The molecule has 0 radical (unpaired) electrons. The van der Waals surface area contributed by atoms with E-state index in [4.69, 9.17) is 0 Å². The number of nitrogens with one attached hydrogen (secondary N) is 3. The molecule has 1 heterocycles. The summed E-state index contributed by atoms with van der Waals surface area (Å²) in [6.45, 7) is 1.83. The molecule has 3 aromatic rings. The minimum atomic E-state index is -3.96. The summed E-state index contributed by atoms with van der Waals surface area (Å²) >= 11 is 3.31. The molecule has 0 saturated heterocycles. The van der Waals surface area contributed by atoms with Gasteiger partial charge in [-0.3, -0.25) is 15.5 Å². The average molecular weight is 479 g/mol. The molecule has 3 N–H and O–H groups in total. The number of aryl methyl sites for hydroxylation is 1. The number of benzene rings is 2. The van der Waals surface area contributed by atoms with Crippen molar-refractivity contribution in [2.45, 2.75) is 11.8 Å². The molecular formula is C17H15BrN6O4S. The van der Waals surface area contributed by atoms with Crippen LogP contribution in [0.3, 0.4) is 0 Å². The topological polar surface area (TPSA) is 139 Å². The smallest absolute Gasteiger partial charge is 0.334 e. The largest absolute Gasteiger partial charge is 0.354 e. The van der Waals surface area contributed by atoms with Gasteiger partial charge in [0.25, 0.3) is 10.0 Å². The predicted molar refractivity (Wildman–Crippen MR) is 111 cm³/mol. The van der Waals surface area contributed by atoms with Crippen molar-refractivity contribution in [2.24, 2.45) is 0 Å². The van der Waals surface area contributed by atoms with E-state index in [-0.39, 0.29) is 16.5 Å². The van der Waals surface area contributed by atoms with Gasteiger partial charge in [-0.15, -0.1) is 4.83 Å². The number of sulfonamides is 1. The number of rotatable bonds is 7. The second-order valence-corrected chi connectivity index (χ2v) is 8.45. The molecule has 12 heteroatoms. The number of nitrogens with zero attached hydrogens (tertiary/aromatic N) is 3. The van der Waals surface area contributed by atoms with Crippen molar-refractivity contribution in [3.05, 3.63) is 75.0 Å². The molecule has 0 fully saturated rings. The van der Waals surface area contributed by atoms with Crippen LogP contribution in [0.5, 0.6) is 0 Å². The van der Waals surface area contributed by atoms with Crippen LogP contribution in [0.4, 0.5) is 23.0 Å². The first-order chi connectivity index (χ1) is 13.8. The lowest BCUT2D eigenvalue weighted by Crippen LogP contribution is -2.30. The summed E-state index contributed by atoms with van der Waals surface area (Å²) in [5.74, 6) is -0.398. The van der Waals surface area contributed by atoms with E-state index in [1.165, 1.54) is 12.1 Å². The first kappa shape index (κ1) is 20.6. The number of hydrogen-bond acceptors (Lipinski definition) is 8. The highest BCUT2D eigenvalue weighted by Crippen LogP contribution is 2.31. The van der Waals surface area contributed by atoms with E-state index in [0.717, 1.165) is 16.4 Å². The third-order valence-electron chi connectivity index (χ3n) is 3.75. The van der Waals surface area contributed by atoms with E-state index >= 15 is 0 Å². The summed E-state index contributed by atoms with van der Waals surface area (Å²) in [6, 6.07) is 13.0. The lowest BCUT2D eigenvalue weighted by molar-refractivity contribution is -0.383. The fraction of sp³-hybridized carbons (Fsp3) is 0.0588. The minimum Gasteiger partial charge on any atom is -0.334 e. The van der Waals surface area contributed by atoms with E-state index < -0.39 is 20.6 Å². The van der Waals surface area contributed by atoms with Crippen LogP contribution in [0, 0.1) is 17.0 Å². The number of aromatic nitrogens is 2. The number of halogens is 1. The van der Waals surface area contributed by atoms with Crippen LogP contribution in [0.1, 0.15) is 5.56 Å². The maximum absolute atomic E-state index is 12.4. The van der Waals surface area contributed by atoms with E-state index in [2.05, 4.69) is 41.5 Å². The molecule has 0 aliphatic heterocycles. The van der Waals surface area contributed by atoms with Crippen LogP contribution in [0.25, 0.3) is 0 Å². The lowest BCUT2D eigenvalue weighted by Gasteiger charge is -2.11. The Morgan fingerprint density at radius 1 is 1.00 bits per heavy atom. The maximum Gasteiger partial charge on any atom is 0.354 e. The van der Waals surface area contributed by atoms with Crippen LogP contribution in [-0.2, 0) is 10.0 Å². The van der Waals surface area contributed by atoms with Crippen molar-refractivity contribution in [2.75, 3.05) is 10.7 Å². The molecule has 1 aromatic heterocycles. The Morgan fingerprint density at radius 3 is 2.24 bits per heavy atom. The van der Waals surface area contributed by atoms with Crippen LogP contribution in [0.2, 0.25) is 0 Å². The van der Waals surface area contributed by atoms with E-state index in [1.807, 2.05) is 6.92 Å². The zero-order chi connectivity index (χ0) is 21.0. The fourth-order valence-electron chi connectivity index (χ4n) is 2.30. The maximum atomic E-state index is 12.4. The molecule has 10 nitrogen and oxygen atoms in total. The van der Waals surface area contributed by atoms with Crippen molar-refractivity contribution in [1.82, 2.24) is 14.8 Å². The first-order valence-corrected chi connectivity index (χ1v) is 10.4. The summed E-state index contributed by atoms with van der Waals surface area (Å²) in [6.07, 6.45) is 1.08. The highest BCUT2D eigenvalue weighted by Gasteiger charge is 2.24. The zero-order valence-corrected chi connectivity index (χ0v) is 17.4. The molecule has 0 atom stereocenters. The summed E-state index contributed by atoms with van der Waals surface area (Å²) in [5.41, 5.74) is 3.25. The van der Waals surface area contributed by atoms with E-state index in [1.54, 1.807) is 36.4 Å². The van der Waals surface area contributed by atoms with Crippen molar-refractivity contribution in [3.8, 4) is 0 Å². The van der Waals surface area contributed by atoms with Gasteiger partial charge >= 0.3 is 5.69 Å². The zero-order valence-electron chi connectivity index (χ0n) is 15.0. The first-order valence-electron chi connectivity index (χ1n) is 8.13. The molecule has 0 bridgehead atoms. The summed E-state index contributed by atoms with van der Waals surface area (Å²) < 4.78 is 25.6. The van der Waals surface area contributed by atoms with E-state index in [0.29, 0.717) is 5.69 Å². The van der Waals surface area contributed by atoms with Gasteiger partial charge in [-0.25, -0.2) is 18.4 Å². The standard InChI is InChI=1S/C17H15BrN6O4S/c1-11-2-8-14(9-3-11)29(27,28)23-22-17-15(24(25)26)16(19-10-20-17)21-13-6-4-12(18)5-7-13/h2-10,23H,1H3,(H2,19,20,21,22). The summed E-state index contributed by atoms with van der Waals surface area (Å²) in [4.78, 5) is 20.7. The van der Waals surface area contributed by atoms with E-state index in [9.17, 15) is 18.5 Å². The Labute approximate surface area is 174 Å². The Bertz CT molecular complexity index is 1140. The third kappa shape index (κ3) is 5.04. The third-order valence-corrected chi connectivity index (χ3v) is 5.54.